The van der Waals surface area contributed by atoms with Crippen molar-refractivity contribution in [2.75, 3.05) is 34.8 Å². The molecule has 3 rings (SSSR count). The molecule has 2 aliphatic heterocycles. The summed E-state index contributed by atoms with van der Waals surface area (Å²) in [5.74, 6) is 1.54. The predicted molar refractivity (Wildman–Crippen MR) is 90.5 cm³/mol. The standard InChI is InChI=1S/C16H19N3O3S/c1-11(20)17-12-2-4-13(5-3-12)19-15(21)10-14(16(19)22)18-6-8-23-9-7-18/h2-5,14H,6-10H2,1H3,(H,17,20)/t14-/m1/s1. The molecular formula is C16H19N3O3S. The first kappa shape index (κ1) is 16.0. The highest BCUT2D eigenvalue weighted by Crippen LogP contribution is 2.28. The molecule has 0 radical (unpaired) electrons. The summed E-state index contributed by atoms with van der Waals surface area (Å²) in [4.78, 5) is 39.4. The van der Waals surface area contributed by atoms with Crippen LogP contribution in [-0.2, 0) is 14.4 Å². The minimum Gasteiger partial charge on any atom is -0.326 e. The third-order valence-corrected chi connectivity index (χ3v) is 5.00. The fourth-order valence-electron chi connectivity index (χ4n) is 2.96. The zero-order valence-electron chi connectivity index (χ0n) is 12.9. The van der Waals surface area contributed by atoms with Crippen molar-refractivity contribution in [2.45, 2.75) is 19.4 Å². The molecule has 1 atom stereocenters. The number of amides is 3. The summed E-state index contributed by atoms with van der Waals surface area (Å²) >= 11 is 1.88. The minimum absolute atomic E-state index is 0.144. The maximum absolute atomic E-state index is 12.7. The molecule has 0 aliphatic carbocycles. The van der Waals surface area contributed by atoms with Crippen LogP contribution in [0.3, 0.4) is 0 Å². The van der Waals surface area contributed by atoms with Crippen molar-refractivity contribution in [3.05, 3.63) is 24.3 Å². The number of benzene rings is 1. The molecule has 7 heteroatoms. The average molecular weight is 333 g/mol. The van der Waals surface area contributed by atoms with Gasteiger partial charge >= 0.3 is 0 Å². The number of rotatable bonds is 3. The molecule has 2 aliphatic rings. The molecule has 6 nitrogen and oxygen atoms in total. The molecule has 2 heterocycles. The van der Waals surface area contributed by atoms with Gasteiger partial charge in [-0.05, 0) is 24.3 Å². The van der Waals surface area contributed by atoms with Crippen LogP contribution in [0.2, 0.25) is 0 Å². The predicted octanol–water partition coefficient (Wildman–Crippen LogP) is 1.33. The molecule has 23 heavy (non-hydrogen) atoms. The van der Waals surface area contributed by atoms with E-state index in [9.17, 15) is 14.4 Å². The van der Waals surface area contributed by atoms with E-state index in [0.717, 1.165) is 24.6 Å². The maximum Gasteiger partial charge on any atom is 0.251 e. The fraction of sp³-hybridized carbons (Fsp3) is 0.438. The Morgan fingerprint density at radius 2 is 1.83 bits per heavy atom. The largest absolute Gasteiger partial charge is 0.326 e. The Balaban J connectivity index is 1.75. The molecule has 0 unspecified atom stereocenters. The lowest BCUT2D eigenvalue weighted by molar-refractivity contribution is -0.123. The van der Waals surface area contributed by atoms with E-state index in [1.165, 1.54) is 11.8 Å². The second-order valence-electron chi connectivity index (χ2n) is 5.66. The van der Waals surface area contributed by atoms with Crippen LogP contribution in [-0.4, -0.2) is 53.3 Å². The molecule has 1 aromatic carbocycles. The highest BCUT2D eigenvalue weighted by molar-refractivity contribution is 7.99. The maximum atomic E-state index is 12.7. The lowest BCUT2D eigenvalue weighted by atomic mass is 10.2. The van der Waals surface area contributed by atoms with E-state index in [4.69, 9.17) is 0 Å². The quantitative estimate of drug-likeness (QED) is 0.845. The number of nitrogens with zero attached hydrogens (tertiary/aromatic N) is 2. The highest BCUT2D eigenvalue weighted by Gasteiger charge is 2.42. The van der Waals surface area contributed by atoms with Crippen molar-refractivity contribution in [3.8, 4) is 0 Å². The van der Waals surface area contributed by atoms with E-state index in [1.807, 2.05) is 11.8 Å². The van der Waals surface area contributed by atoms with Crippen LogP contribution in [0.25, 0.3) is 0 Å². The van der Waals surface area contributed by atoms with E-state index >= 15 is 0 Å². The van der Waals surface area contributed by atoms with E-state index in [2.05, 4.69) is 10.2 Å². The van der Waals surface area contributed by atoms with E-state index in [0.29, 0.717) is 11.4 Å². The van der Waals surface area contributed by atoms with Crippen molar-refractivity contribution < 1.29 is 14.4 Å². The lowest BCUT2D eigenvalue weighted by Crippen LogP contribution is -2.45. The van der Waals surface area contributed by atoms with Gasteiger partial charge in [-0.1, -0.05) is 0 Å². The average Bonchev–Trinajstić information content (AvgIpc) is 2.83. The molecule has 1 aromatic rings. The van der Waals surface area contributed by atoms with Crippen LogP contribution in [0, 0.1) is 0 Å². The topological polar surface area (TPSA) is 69.7 Å². The summed E-state index contributed by atoms with van der Waals surface area (Å²) in [5, 5.41) is 2.67. The van der Waals surface area contributed by atoms with Crippen molar-refractivity contribution >= 4 is 40.9 Å². The van der Waals surface area contributed by atoms with Gasteiger partial charge in [0.1, 0.15) is 0 Å². The molecule has 1 N–H and O–H groups in total. The number of imide groups is 1. The number of hydrogen-bond acceptors (Lipinski definition) is 5. The number of hydrogen-bond donors (Lipinski definition) is 1. The number of anilines is 2. The summed E-state index contributed by atoms with van der Waals surface area (Å²) in [7, 11) is 0. The zero-order chi connectivity index (χ0) is 16.4. The Labute approximate surface area is 139 Å². The Kier molecular flexibility index (Phi) is 4.68. The Morgan fingerprint density at radius 1 is 1.17 bits per heavy atom. The lowest BCUT2D eigenvalue weighted by Gasteiger charge is -2.30. The van der Waals surface area contributed by atoms with Crippen LogP contribution in [0.5, 0.6) is 0 Å². The molecule has 122 valence electrons. The molecule has 3 amide bonds. The minimum atomic E-state index is -0.335. The highest BCUT2D eigenvalue weighted by atomic mass is 32.2. The monoisotopic (exact) mass is 333 g/mol. The van der Waals surface area contributed by atoms with E-state index in [1.54, 1.807) is 24.3 Å². The molecular weight excluding hydrogens is 314 g/mol. The van der Waals surface area contributed by atoms with E-state index in [-0.39, 0.29) is 30.2 Å². The molecule has 0 spiro atoms. The Morgan fingerprint density at radius 3 is 2.43 bits per heavy atom. The normalized spacial score (nSPS) is 22.5. The van der Waals surface area contributed by atoms with Gasteiger partial charge in [-0.3, -0.25) is 19.3 Å². The van der Waals surface area contributed by atoms with Gasteiger partial charge in [0.25, 0.3) is 5.91 Å². The fourth-order valence-corrected chi connectivity index (χ4v) is 3.89. The Hall–Kier alpha value is -1.86. The van der Waals surface area contributed by atoms with Crippen LogP contribution >= 0.6 is 11.8 Å². The summed E-state index contributed by atoms with van der Waals surface area (Å²) in [6.07, 6.45) is 0.247. The van der Waals surface area contributed by atoms with Gasteiger partial charge in [-0.15, -0.1) is 0 Å². The van der Waals surface area contributed by atoms with Crippen molar-refractivity contribution in [3.63, 3.8) is 0 Å². The van der Waals surface area contributed by atoms with Gasteiger partial charge in [0.15, 0.2) is 0 Å². The number of carbonyl (C=O) groups excluding carboxylic acids is 3. The first-order chi connectivity index (χ1) is 11.1. The third kappa shape index (κ3) is 3.40. The molecule has 0 saturated carbocycles. The van der Waals surface area contributed by atoms with Crippen LogP contribution in [0.4, 0.5) is 11.4 Å². The van der Waals surface area contributed by atoms with Gasteiger partial charge in [-0.2, -0.15) is 11.8 Å². The first-order valence-corrected chi connectivity index (χ1v) is 8.78. The summed E-state index contributed by atoms with van der Waals surface area (Å²) in [6, 6.07) is 6.44. The molecule has 2 saturated heterocycles. The second kappa shape index (κ2) is 6.72. The van der Waals surface area contributed by atoms with Gasteiger partial charge in [0.2, 0.25) is 11.8 Å². The smallest absolute Gasteiger partial charge is 0.251 e. The van der Waals surface area contributed by atoms with Gasteiger partial charge in [-0.25, -0.2) is 4.90 Å². The summed E-state index contributed by atoms with van der Waals surface area (Å²) < 4.78 is 0. The first-order valence-electron chi connectivity index (χ1n) is 7.62. The second-order valence-corrected chi connectivity index (χ2v) is 6.89. The van der Waals surface area contributed by atoms with Gasteiger partial charge in [0.05, 0.1) is 18.2 Å². The van der Waals surface area contributed by atoms with Gasteiger partial charge < -0.3 is 5.32 Å². The molecule has 2 fully saturated rings. The van der Waals surface area contributed by atoms with Crippen LogP contribution in [0.15, 0.2) is 24.3 Å². The SMILES string of the molecule is CC(=O)Nc1ccc(N2C(=O)C[C@@H](N3CCSCC3)C2=O)cc1. The number of nitrogens with one attached hydrogen (secondary N) is 1. The zero-order valence-corrected chi connectivity index (χ0v) is 13.8. The van der Waals surface area contributed by atoms with Crippen molar-refractivity contribution in [1.82, 2.24) is 4.90 Å². The number of thioether (sulfide) groups is 1. The summed E-state index contributed by atoms with van der Waals surface area (Å²) in [6.45, 7) is 3.14. The van der Waals surface area contributed by atoms with Crippen molar-refractivity contribution in [2.24, 2.45) is 0 Å². The number of carbonyl (C=O) groups is 3. The van der Waals surface area contributed by atoms with Crippen LogP contribution < -0.4 is 10.2 Å². The molecule has 0 aromatic heterocycles. The van der Waals surface area contributed by atoms with E-state index < -0.39 is 0 Å². The molecule has 0 bridgehead atoms. The summed E-state index contributed by atoms with van der Waals surface area (Å²) in [5.41, 5.74) is 1.20. The van der Waals surface area contributed by atoms with Crippen molar-refractivity contribution in [1.29, 1.82) is 0 Å². The van der Waals surface area contributed by atoms with Gasteiger partial charge in [0, 0.05) is 37.2 Å². The van der Waals surface area contributed by atoms with Crippen LogP contribution in [0.1, 0.15) is 13.3 Å². The third-order valence-electron chi connectivity index (χ3n) is 4.06. The Bertz CT molecular complexity index is 626.